The number of benzene rings is 2. The highest BCUT2D eigenvalue weighted by atomic mass is 32.2. The van der Waals surface area contributed by atoms with Crippen LogP contribution in [0.2, 0.25) is 0 Å². The molecule has 0 bridgehead atoms. The van der Waals surface area contributed by atoms with Crippen molar-refractivity contribution in [1.82, 2.24) is 4.31 Å². The lowest BCUT2D eigenvalue weighted by atomic mass is 10.2. The number of rotatable bonds is 6. The Hall–Kier alpha value is -2.45. The summed E-state index contributed by atoms with van der Waals surface area (Å²) in [6, 6.07) is 8.78. The molecule has 0 aromatic heterocycles. The number of nitrogens with one attached hydrogen (secondary N) is 1. The predicted molar refractivity (Wildman–Crippen MR) is 109 cm³/mol. The number of nitrogens with zero attached hydrogens (tertiary/aromatic N) is 1. The van der Waals surface area contributed by atoms with Crippen LogP contribution in [0.4, 0.5) is 10.1 Å². The molecule has 29 heavy (non-hydrogen) atoms. The average molecular weight is 421 g/mol. The summed E-state index contributed by atoms with van der Waals surface area (Å²) < 4.78 is 45.9. The zero-order valence-corrected chi connectivity index (χ0v) is 17.4. The molecule has 1 aliphatic heterocycles. The topological polar surface area (TPSA) is 75.7 Å². The summed E-state index contributed by atoms with van der Waals surface area (Å²) in [5, 5.41) is 2.61. The number of anilines is 1. The molecule has 0 aliphatic carbocycles. The molecule has 0 radical (unpaired) electrons. The summed E-state index contributed by atoms with van der Waals surface area (Å²) in [5.74, 6) is -0.440. The average Bonchev–Trinajstić information content (AvgIpc) is 2.70. The van der Waals surface area contributed by atoms with E-state index < -0.39 is 21.7 Å². The zero-order chi connectivity index (χ0) is 21.0. The van der Waals surface area contributed by atoms with Gasteiger partial charge in [-0.25, -0.2) is 12.8 Å². The second kappa shape index (κ2) is 8.92. The van der Waals surface area contributed by atoms with E-state index >= 15 is 0 Å². The molecule has 3 rings (SSSR count). The molecule has 2 aromatic rings. The van der Waals surface area contributed by atoms with Crippen LogP contribution in [0.1, 0.15) is 30.4 Å². The molecule has 2 aromatic carbocycles. The summed E-state index contributed by atoms with van der Waals surface area (Å²) >= 11 is 0. The van der Waals surface area contributed by atoms with Gasteiger partial charge in [-0.1, -0.05) is 12.5 Å². The molecule has 1 heterocycles. The molecule has 8 heteroatoms. The van der Waals surface area contributed by atoms with E-state index in [-0.39, 0.29) is 11.5 Å². The van der Waals surface area contributed by atoms with Gasteiger partial charge in [-0.3, -0.25) is 4.79 Å². The number of carbonyl (C=O) groups excluding carboxylic acids is 1. The lowest BCUT2D eigenvalue weighted by Gasteiger charge is -2.26. The smallest absolute Gasteiger partial charge is 0.262 e. The van der Waals surface area contributed by atoms with Gasteiger partial charge in [-0.2, -0.15) is 4.31 Å². The Morgan fingerprint density at radius 3 is 2.48 bits per heavy atom. The van der Waals surface area contributed by atoms with Crippen LogP contribution >= 0.6 is 0 Å². The van der Waals surface area contributed by atoms with Crippen molar-refractivity contribution in [2.24, 2.45) is 0 Å². The first-order chi connectivity index (χ1) is 13.8. The second-order valence-electron chi connectivity index (χ2n) is 7.19. The number of piperidine rings is 1. The molecule has 1 aliphatic rings. The highest BCUT2D eigenvalue weighted by Gasteiger charge is 2.26. The monoisotopic (exact) mass is 420 g/mol. The van der Waals surface area contributed by atoms with E-state index in [9.17, 15) is 17.6 Å². The molecule has 1 saturated heterocycles. The van der Waals surface area contributed by atoms with Crippen molar-refractivity contribution in [2.75, 3.05) is 25.0 Å². The third kappa shape index (κ3) is 5.13. The molecule has 6 nitrogen and oxygen atoms in total. The van der Waals surface area contributed by atoms with Crippen LogP contribution in [0.25, 0.3) is 0 Å². The van der Waals surface area contributed by atoms with E-state index in [2.05, 4.69) is 5.32 Å². The minimum absolute atomic E-state index is 0.226. The standard InChI is InChI=1S/C21H25FN2O4S/c1-15-6-7-17(22)13-19(15)23-21(25)14-28-20-9-8-18(12-16(20)2)29(26,27)24-10-4-3-5-11-24/h6-9,12-13H,3-5,10-11,14H2,1-2H3,(H,23,25). The highest BCUT2D eigenvalue weighted by Crippen LogP contribution is 2.26. The van der Waals surface area contributed by atoms with Crippen LogP contribution in [-0.4, -0.2) is 38.3 Å². The fraction of sp³-hybridized carbons (Fsp3) is 0.381. The molecule has 1 fully saturated rings. The third-order valence-electron chi connectivity index (χ3n) is 4.93. The molecule has 1 N–H and O–H groups in total. The van der Waals surface area contributed by atoms with Gasteiger partial charge in [0.05, 0.1) is 4.90 Å². The van der Waals surface area contributed by atoms with Gasteiger partial charge in [0.25, 0.3) is 5.91 Å². The lowest BCUT2D eigenvalue weighted by Crippen LogP contribution is -2.35. The van der Waals surface area contributed by atoms with Crippen LogP contribution in [0.3, 0.4) is 0 Å². The van der Waals surface area contributed by atoms with E-state index in [4.69, 9.17) is 4.74 Å². The summed E-state index contributed by atoms with van der Waals surface area (Å²) in [5.41, 5.74) is 1.75. The number of hydrogen-bond donors (Lipinski definition) is 1. The van der Waals surface area contributed by atoms with E-state index in [1.165, 1.54) is 22.5 Å². The molecule has 1 amide bonds. The Balaban J connectivity index is 1.64. The van der Waals surface area contributed by atoms with E-state index in [0.717, 1.165) is 24.8 Å². The second-order valence-corrected chi connectivity index (χ2v) is 9.13. The van der Waals surface area contributed by atoms with Crippen LogP contribution in [0.5, 0.6) is 5.75 Å². The van der Waals surface area contributed by atoms with E-state index in [1.54, 1.807) is 32.0 Å². The Morgan fingerprint density at radius 1 is 1.07 bits per heavy atom. The molecule has 156 valence electrons. The summed E-state index contributed by atoms with van der Waals surface area (Å²) in [6.07, 6.45) is 2.80. The zero-order valence-electron chi connectivity index (χ0n) is 16.6. The van der Waals surface area contributed by atoms with Crippen molar-refractivity contribution < 1.29 is 22.3 Å². The number of halogens is 1. The molecule has 0 atom stereocenters. The molecule has 0 saturated carbocycles. The van der Waals surface area contributed by atoms with Gasteiger partial charge in [0.15, 0.2) is 6.61 Å². The van der Waals surface area contributed by atoms with Crippen molar-refractivity contribution in [2.45, 2.75) is 38.0 Å². The molecule has 0 unspecified atom stereocenters. The van der Waals surface area contributed by atoms with Gasteiger partial charge in [0.2, 0.25) is 10.0 Å². The number of ether oxygens (including phenoxy) is 1. The van der Waals surface area contributed by atoms with E-state index in [1.807, 2.05) is 0 Å². The first kappa shape index (κ1) is 21.3. The van der Waals surface area contributed by atoms with Crippen LogP contribution in [0, 0.1) is 19.7 Å². The van der Waals surface area contributed by atoms with Gasteiger partial charge in [0.1, 0.15) is 11.6 Å². The molecule has 0 spiro atoms. The lowest BCUT2D eigenvalue weighted by molar-refractivity contribution is -0.118. The summed E-state index contributed by atoms with van der Waals surface area (Å²) in [6.45, 7) is 4.31. The Bertz CT molecular complexity index is 1000. The number of carbonyl (C=O) groups is 1. The SMILES string of the molecule is Cc1ccc(F)cc1NC(=O)COc1ccc(S(=O)(=O)N2CCCCC2)cc1C. The minimum atomic E-state index is -3.52. The van der Waals surface area contributed by atoms with Crippen molar-refractivity contribution >= 4 is 21.6 Å². The Morgan fingerprint density at radius 2 is 1.79 bits per heavy atom. The van der Waals surface area contributed by atoms with Gasteiger partial charge in [0, 0.05) is 18.8 Å². The first-order valence-electron chi connectivity index (χ1n) is 9.57. The largest absolute Gasteiger partial charge is 0.483 e. The number of sulfonamides is 1. The Kier molecular flexibility index (Phi) is 6.54. The fourth-order valence-corrected chi connectivity index (χ4v) is 4.86. The summed E-state index contributed by atoms with van der Waals surface area (Å²) in [7, 11) is -3.52. The van der Waals surface area contributed by atoms with E-state index in [0.29, 0.717) is 30.1 Å². The summed E-state index contributed by atoms with van der Waals surface area (Å²) in [4.78, 5) is 12.4. The van der Waals surface area contributed by atoms with Crippen molar-refractivity contribution in [1.29, 1.82) is 0 Å². The third-order valence-corrected chi connectivity index (χ3v) is 6.83. The maximum atomic E-state index is 13.3. The Labute approximate surface area is 170 Å². The predicted octanol–water partition coefficient (Wildman–Crippen LogP) is 3.63. The van der Waals surface area contributed by atoms with Crippen molar-refractivity contribution in [3.05, 3.63) is 53.3 Å². The van der Waals surface area contributed by atoms with Crippen LogP contribution in [-0.2, 0) is 14.8 Å². The maximum absolute atomic E-state index is 13.3. The normalized spacial score (nSPS) is 15.1. The fourth-order valence-electron chi connectivity index (χ4n) is 3.26. The van der Waals surface area contributed by atoms with Crippen LogP contribution in [0.15, 0.2) is 41.3 Å². The van der Waals surface area contributed by atoms with Crippen molar-refractivity contribution in [3.63, 3.8) is 0 Å². The van der Waals surface area contributed by atoms with Gasteiger partial charge < -0.3 is 10.1 Å². The number of aryl methyl sites for hydroxylation is 2. The van der Waals surface area contributed by atoms with Crippen molar-refractivity contribution in [3.8, 4) is 5.75 Å². The van der Waals surface area contributed by atoms with Gasteiger partial charge in [-0.15, -0.1) is 0 Å². The van der Waals surface area contributed by atoms with Gasteiger partial charge in [-0.05, 0) is 68.1 Å². The maximum Gasteiger partial charge on any atom is 0.262 e. The highest BCUT2D eigenvalue weighted by molar-refractivity contribution is 7.89. The minimum Gasteiger partial charge on any atom is -0.483 e. The first-order valence-corrected chi connectivity index (χ1v) is 11.0. The quantitative estimate of drug-likeness (QED) is 0.774. The molecular formula is C21H25FN2O4S. The van der Waals surface area contributed by atoms with Crippen LogP contribution < -0.4 is 10.1 Å². The number of amides is 1. The number of hydrogen-bond acceptors (Lipinski definition) is 4. The molecular weight excluding hydrogens is 395 g/mol. The van der Waals surface area contributed by atoms with Gasteiger partial charge >= 0.3 is 0 Å².